The van der Waals surface area contributed by atoms with Gasteiger partial charge in [-0.25, -0.2) is 0 Å². The molecular formula is C15H24ClNO. The van der Waals surface area contributed by atoms with Gasteiger partial charge in [-0.1, -0.05) is 0 Å². The third-order valence-corrected chi connectivity index (χ3v) is 5.63. The first kappa shape index (κ1) is 12.8. The minimum atomic E-state index is 0.200. The van der Waals surface area contributed by atoms with E-state index in [1.54, 1.807) is 0 Å². The van der Waals surface area contributed by atoms with Crippen LogP contribution in [-0.4, -0.2) is 18.3 Å². The van der Waals surface area contributed by atoms with Crippen molar-refractivity contribution in [3.05, 3.63) is 0 Å². The highest BCUT2D eigenvalue weighted by Crippen LogP contribution is 2.59. The van der Waals surface area contributed by atoms with Crippen molar-refractivity contribution in [2.24, 2.45) is 23.2 Å². The average Bonchev–Trinajstić information content (AvgIpc) is 2.32. The minimum absolute atomic E-state index is 0.200. The number of halogens is 1. The first-order valence-corrected chi connectivity index (χ1v) is 8.05. The topological polar surface area (TPSA) is 29.1 Å². The molecule has 0 radical (unpaired) electrons. The first-order chi connectivity index (χ1) is 8.69. The van der Waals surface area contributed by atoms with E-state index in [0.29, 0.717) is 17.7 Å². The fourth-order valence-electron chi connectivity index (χ4n) is 5.11. The van der Waals surface area contributed by atoms with Crippen LogP contribution in [0, 0.1) is 23.2 Å². The van der Waals surface area contributed by atoms with Crippen LogP contribution in [0.3, 0.4) is 0 Å². The highest BCUT2D eigenvalue weighted by molar-refractivity contribution is 6.17. The molecule has 4 aliphatic rings. The van der Waals surface area contributed by atoms with Crippen molar-refractivity contribution in [3.8, 4) is 0 Å². The van der Waals surface area contributed by atoms with Crippen molar-refractivity contribution >= 4 is 17.5 Å². The van der Waals surface area contributed by atoms with Gasteiger partial charge in [0.2, 0.25) is 5.91 Å². The number of carbonyl (C=O) groups is 1. The second kappa shape index (κ2) is 5.03. The highest BCUT2D eigenvalue weighted by Gasteiger charge is 2.50. The summed E-state index contributed by atoms with van der Waals surface area (Å²) in [5, 5.41) is 3.18. The maximum absolute atomic E-state index is 11.7. The van der Waals surface area contributed by atoms with Gasteiger partial charge in [0.25, 0.3) is 0 Å². The lowest BCUT2D eigenvalue weighted by Crippen LogP contribution is -2.51. The zero-order valence-corrected chi connectivity index (χ0v) is 11.8. The van der Waals surface area contributed by atoms with E-state index in [4.69, 9.17) is 11.6 Å². The Morgan fingerprint density at radius 3 is 2.17 bits per heavy atom. The second-order valence-corrected chi connectivity index (χ2v) is 7.36. The molecule has 4 aliphatic carbocycles. The van der Waals surface area contributed by atoms with E-state index in [-0.39, 0.29) is 5.91 Å². The number of hydrogen-bond donors (Lipinski definition) is 1. The van der Waals surface area contributed by atoms with Crippen LogP contribution < -0.4 is 5.32 Å². The lowest BCUT2D eigenvalue weighted by atomic mass is 9.49. The van der Waals surface area contributed by atoms with Crippen LogP contribution in [0.1, 0.15) is 51.4 Å². The van der Waals surface area contributed by atoms with Crippen LogP contribution in [0.5, 0.6) is 0 Å². The summed E-state index contributed by atoms with van der Waals surface area (Å²) >= 11 is 5.62. The monoisotopic (exact) mass is 269 g/mol. The Morgan fingerprint density at radius 1 is 1.11 bits per heavy atom. The van der Waals surface area contributed by atoms with Gasteiger partial charge in [0.15, 0.2) is 0 Å². The number of nitrogens with one attached hydrogen (secondary N) is 1. The summed E-state index contributed by atoms with van der Waals surface area (Å²) < 4.78 is 0. The summed E-state index contributed by atoms with van der Waals surface area (Å²) in [5.74, 6) is 3.69. The van der Waals surface area contributed by atoms with Crippen LogP contribution in [0.2, 0.25) is 0 Å². The number of rotatable bonds is 5. The quantitative estimate of drug-likeness (QED) is 0.762. The molecule has 4 bridgehead atoms. The third-order valence-electron chi connectivity index (χ3n) is 5.36. The molecule has 0 aliphatic heterocycles. The highest BCUT2D eigenvalue weighted by atomic mass is 35.5. The molecule has 4 fully saturated rings. The van der Waals surface area contributed by atoms with Crippen LogP contribution in [0.25, 0.3) is 0 Å². The number of amides is 1. The first-order valence-electron chi connectivity index (χ1n) is 7.52. The van der Waals surface area contributed by atoms with E-state index in [2.05, 4.69) is 5.32 Å². The van der Waals surface area contributed by atoms with Crippen molar-refractivity contribution < 1.29 is 4.79 Å². The third kappa shape index (κ3) is 2.54. The number of alkyl halides is 1. The molecule has 0 unspecified atom stereocenters. The molecular weight excluding hydrogens is 246 g/mol. The van der Waals surface area contributed by atoms with E-state index in [1.807, 2.05) is 0 Å². The Hall–Kier alpha value is -0.240. The maximum atomic E-state index is 11.7. The zero-order chi connectivity index (χ0) is 12.6. The molecule has 4 rings (SSSR count). The fraction of sp³-hybridized carbons (Fsp3) is 0.933. The van der Waals surface area contributed by atoms with Gasteiger partial charge in [-0.2, -0.15) is 0 Å². The molecule has 1 amide bonds. The minimum Gasteiger partial charge on any atom is -0.356 e. The van der Waals surface area contributed by atoms with Crippen LogP contribution in [0.4, 0.5) is 0 Å². The molecule has 18 heavy (non-hydrogen) atoms. The maximum Gasteiger partial charge on any atom is 0.220 e. The van der Waals surface area contributed by atoms with Crippen molar-refractivity contribution in [2.75, 3.05) is 12.4 Å². The van der Waals surface area contributed by atoms with E-state index in [1.165, 1.54) is 38.5 Å². The van der Waals surface area contributed by atoms with E-state index >= 15 is 0 Å². The Morgan fingerprint density at radius 2 is 1.67 bits per heavy atom. The normalized spacial score (nSPS) is 41.1. The van der Waals surface area contributed by atoms with Gasteiger partial charge in [0.1, 0.15) is 0 Å². The summed E-state index contributed by atoms with van der Waals surface area (Å²) in [7, 11) is 0. The van der Waals surface area contributed by atoms with Gasteiger partial charge in [-0.15, -0.1) is 11.6 Å². The summed E-state index contributed by atoms with van der Waals surface area (Å²) in [5.41, 5.74) is 0.464. The van der Waals surface area contributed by atoms with Crippen LogP contribution >= 0.6 is 11.6 Å². The molecule has 0 saturated heterocycles. The molecule has 3 heteroatoms. The summed E-state index contributed by atoms with van der Waals surface area (Å²) in [6, 6.07) is 0. The smallest absolute Gasteiger partial charge is 0.220 e. The predicted octanol–water partition coefficient (Wildman–Crippen LogP) is 3.34. The van der Waals surface area contributed by atoms with Crippen molar-refractivity contribution in [1.82, 2.24) is 5.32 Å². The van der Waals surface area contributed by atoms with Gasteiger partial charge in [-0.3, -0.25) is 4.79 Å². The molecule has 0 aromatic heterocycles. The lowest BCUT2D eigenvalue weighted by Gasteiger charge is -2.56. The summed E-state index contributed by atoms with van der Waals surface area (Å²) in [4.78, 5) is 11.7. The SMILES string of the molecule is O=C(CCCCl)NCC12CC3CC(CC(C3)C1)C2. The van der Waals surface area contributed by atoms with Gasteiger partial charge in [0.05, 0.1) is 0 Å². The molecule has 0 heterocycles. The van der Waals surface area contributed by atoms with Crippen molar-refractivity contribution in [1.29, 1.82) is 0 Å². The van der Waals surface area contributed by atoms with Gasteiger partial charge in [-0.05, 0) is 68.1 Å². The lowest BCUT2D eigenvalue weighted by molar-refractivity contribution is -0.123. The Kier molecular flexibility index (Phi) is 3.57. The summed E-state index contributed by atoms with van der Waals surface area (Å²) in [6.07, 6.45) is 9.92. The number of carbonyl (C=O) groups excluding carboxylic acids is 1. The van der Waals surface area contributed by atoms with Crippen molar-refractivity contribution in [2.45, 2.75) is 51.4 Å². The average molecular weight is 270 g/mol. The van der Waals surface area contributed by atoms with Crippen LogP contribution in [0.15, 0.2) is 0 Å². The molecule has 0 aromatic carbocycles. The fourth-order valence-corrected chi connectivity index (χ4v) is 5.24. The van der Waals surface area contributed by atoms with Crippen molar-refractivity contribution in [3.63, 3.8) is 0 Å². The molecule has 2 nitrogen and oxygen atoms in total. The van der Waals surface area contributed by atoms with Crippen LogP contribution in [-0.2, 0) is 4.79 Å². The second-order valence-electron chi connectivity index (χ2n) is 6.99. The Bertz CT molecular complexity index is 293. The summed E-state index contributed by atoms with van der Waals surface area (Å²) in [6.45, 7) is 0.928. The van der Waals surface area contributed by atoms with E-state index in [9.17, 15) is 4.79 Å². The molecule has 4 saturated carbocycles. The molecule has 1 N–H and O–H groups in total. The Balaban J connectivity index is 1.54. The Labute approximate surface area is 115 Å². The van der Waals surface area contributed by atoms with Gasteiger partial charge >= 0.3 is 0 Å². The molecule has 0 aromatic rings. The predicted molar refractivity (Wildman–Crippen MR) is 73.6 cm³/mol. The molecule has 102 valence electrons. The molecule has 0 spiro atoms. The zero-order valence-electron chi connectivity index (χ0n) is 11.1. The molecule has 0 atom stereocenters. The van der Waals surface area contributed by atoms with E-state index < -0.39 is 0 Å². The number of hydrogen-bond acceptors (Lipinski definition) is 1. The standard InChI is InChI=1S/C15H24ClNO/c16-3-1-2-14(18)17-10-15-7-11-4-12(8-15)6-13(5-11)9-15/h11-13H,1-10H2,(H,17,18). The van der Waals surface area contributed by atoms with Gasteiger partial charge < -0.3 is 5.32 Å². The van der Waals surface area contributed by atoms with E-state index in [0.717, 1.165) is 30.7 Å². The van der Waals surface area contributed by atoms with Gasteiger partial charge in [0, 0.05) is 18.8 Å². The largest absolute Gasteiger partial charge is 0.356 e.